The minimum atomic E-state index is -1.25. The zero-order valence-electron chi connectivity index (χ0n) is 39.6. The lowest BCUT2D eigenvalue weighted by Gasteiger charge is -2.48. The van der Waals surface area contributed by atoms with Crippen LogP contribution in [0.3, 0.4) is 0 Å². The van der Waals surface area contributed by atoms with Crippen molar-refractivity contribution in [3.63, 3.8) is 0 Å². The van der Waals surface area contributed by atoms with Gasteiger partial charge in [0.05, 0.1) is 36.5 Å². The molecule has 3 aliphatic carbocycles. The van der Waals surface area contributed by atoms with E-state index < -0.39 is 36.7 Å². The number of nitrogens with zero attached hydrogens (tertiary/aromatic N) is 1. The number of Topliss-reactive ketones (excluding diaryl/α,β-unsaturated/α-hetero) is 1. The highest BCUT2D eigenvalue weighted by molar-refractivity contribution is 8.76. The number of nitrogens with two attached hydrogens (primary N) is 1. The number of benzene rings is 2. The third kappa shape index (κ3) is 11.2. The van der Waals surface area contributed by atoms with Crippen LogP contribution in [0, 0.1) is 59.2 Å². The predicted octanol–water partition coefficient (Wildman–Crippen LogP) is 4.99. The number of nitrogens with one attached hydrogen (secondary N) is 2. The molecule has 6 bridgehead atoms. The number of methoxy groups -OCH3 is 1. The normalized spacial score (nSPS) is 31.6. The second-order valence-corrected chi connectivity index (χ2v) is 22.4. The molecule has 16 heteroatoms. The summed E-state index contributed by atoms with van der Waals surface area (Å²) in [6, 6.07) is 4.75. The van der Waals surface area contributed by atoms with Gasteiger partial charge in [-0.2, -0.15) is 0 Å². The molecule has 0 saturated heterocycles. The van der Waals surface area contributed by atoms with Gasteiger partial charge in [-0.1, -0.05) is 84.1 Å². The van der Waals surface area contributed by atoms with Crippen molar-refractivity contribution in [1.29, 1.82) is 0 Å². The van der Waals surface area contributed by atoms with Crippen LogP contribution in [0.4, 0.5) is 0 Å². The molecular weight excluding hydrogens is 905 g/mol. The fourth-order valence-electron chi connectivity index (χ4n) is 11.7. The Morgan fingerprint density at radius 3 is 2.62 bits per heavy atom. The summed E-state index contributed by atoms with van der Waals surface area (Å²) in [7, 11) is 5.20. The van der Waals surface area contributed by atoms with Gasteiger partial charge in [0.15, 0.2) is 35.8 Å². The number of phenols is 1. The summed E-state index contributed by atoms with van der Waals surface area (Å²) < 4.78 is 25.1. The van der Waals surface area contributed by atoms with Crippen molar-refractivity contribution < 1.29 is 49.3 Å². The number of aliphatic imine (C=N–C) groups is 1. The van der Waals surface area contributed by atoms with Crippen molar-refractivity contribution in [2.45, 2.75) is 140 Å². The van der Waals surface area contributed by atoms with Crippen molar-refractivity contribution >= 4 is 33.3 Å². The Bertz CT molecular complexity index is 2270. The Balaban J connectivity index is 1.29. The summed E-state index contributed by atoms with van der Waals surface area (Å²) >= 11 is 0. The van der Waals surface area contributed by atoms with E-state index in [0.29, 0.717) is 65.6 Å². The Labute approximate surface area is 409 Å². The Morgan fingerprint density at radius 1 is 0.985 bits per heavy atom. The number of hydrogen-bond acceptors (Lipinski definition) is 16. The molecular formula is C52H70N4O10S2. The Morgan fingerprint density at radius 2 is 1.82 bits per heavy atom. The highest BCUT2D eigenvalue weighted by atomic mass is 33.1. The number of aromatic hydroxyl groups is 1. The van der Waals surface area contributed by atoms with Crippen molar-refractivity contribution in [3.8, 4) is 46.7 Å². The van der Waals surface area contributed by atoms with Gasteiger partial charge in [0.2, 0.25) is 6.29 Å². The third-order valence-electron chi connectivity index (χ3n) is 15.5. The fraction of sp³-hybridized carbons (Fsp3) is 0.654. The van der Waals surface area contributed by atoms with E-state index >= 15 is 0 Å². The van der Waals surface area contributed by atoms with Crippen LogP contribution < -0.4 is 30.6 Å². The molecule has 11 atom stereocenters. The summed E-state index contributed by atoms with van der Waals surface area (Å²) in [5, 5.41) is 62.3. The van der Waals surface area contributed by atoms with Gasteiger partial charge in [0.1, 0.15) is 12.5 Å². The molecule has 4 aliphatic heterocycles. The molecule has 68 heavy (non-hydrogen) atoms. The number of aliphatic hydroxyl groups excluding tert-OH is 4. The average molecular weight is 975 g/mol. The maximum atomic E-state index is 13.3. The number of rotatable bonds is 6. The first-order chi connectivity index (χ1) is 32.9. The van der Waals surface area contributed by atoms with Crippen molar-refractivity contribution in [1.82, 2.24) is 10.6 Å². The standard InChI is InChI=1S/C52H70N4O10S2/c1-30(2)44-27-68-67-26-42-41-24-40-32-12-17-38(60)23-37(59)16-11-31-13-19-45(61)48(65-29-58)39(31)9-6-7-34(21-32)47(49(40)66-50(41)62)64-28-54-52-20-5-4-8-36(52)22-33(46(25-57)63-3)10-14-35(52)15-18-43(42)55-51(53)56-44/h13,19,21,30,33,35-36,38,41-44,46,50,54,57-58,60-62H,4-5,7-8,10-12,14,16-17,20,22-29H2,1-3H3,(H3,53,55,56). The van der Waals surface area contributed by atoms with Crippen molar-refractivity contribution in [2.75, 3.05) is 38.7 Å². The molecule has 0 aromatic heterocycles. The van der Waals surface area contributed by atoms with Crippen molar-refractivity contribution in [2.24, 2.45) is 46.2 Å². The lowest BCUT2D eigenvalue weighted by Crippen LogP contribution is -2.58. The second kappa shape index (κ2) is 22.9. The van der Waals surface area contributed by atoms with Crippen LogP contribution >= 0.6 is 21.6 Å². The first kappa shape index (κ1) is 50.5. The van der Waals surface area contributed by atoms with Gasteiger partial charge in [0, 0.05) is 72.3 Å². The van der Waals surface area contributed by atoms with Crippen LogP contribution in [0.25, 0.3) is 0 Å². The summed E-state index contributed by atoms with van der Waals surface area (Å²) in [6.45, 7) is 3.69. The SMILES string of the molecule is COC(CO)C1CCC2C#CC3NC(N)=NC(C(C)C)CSSCC3C3Cc4c5cc(c(c4OC3O)OCNC23CCCCC3C1)CC#Cc1c(ccc(O)c1OCO)CCC(=O)CC(O)CC5. The minimum Gasteiger partial charge on any atom is -0.504 e. The molecule has 0 radical (unpaired) electrons. The van der Waals surface area contributed by atoms with Gasteiger partial charge in [-0.15, -0.1) is 0 Å². The van der Waals surface area contributed by atoms with Crippen LogP contribution in [0.5, 0.6) is 23.0 Å². The average Bonchev–Trinajstić information content (AvgIpc) is 3.47. The van der Waals surface area contributed by atoms with Gasteiger partial charge >= 0.3 is 0 Å². The van der Waals surface area contributed by atoms with E-state index in [4.69, 9.17) is 29.7 Å². The number of ether oxygens (including phenoxy) is 4. The summed E-state index contributed by atoms with van der Waals surface area (Å²) in [5.41, 5.74) is 9.90. The lowest BCUT2D eigenvalue weighted by atomic mass is 9.64. The van der Waals surface area contributed by atoms with E-state index in [2.05, 4.69) is 54.2 Å². The fourth-order valence-corrected chi connectivity index (χ4v) is 14.5. The molecule has 11 unspecified atom stereocenters. The van der Waals surface area contributed by atoms with Gasteiger partial charge in [-0.3, -0.25) is 10.1 Å². The topological polar surface area (TPSA) is 218 Å². The second-order valence-electron chi connectivity index (χ2n) is 19.8. The van der Waals surface area contributed by atoms with E-state index in [1.54, 1.807) is 34.8 Å². The van der Waals surface area contributed by atoms with Gasteiger partial charge in [0.25, 0.3) is 0 Å². The number of fused-ring (bicyclic) bond motifs is 6. The predicted molar refractivity (Wildman–Crippen MR) is 264 cm³/mol. The monoisotopic (exact) mass is 974 g/mol. The molecule has 2 saturated carbocycles. The zero-order chi connectivity index (χ0) is 48.0. The molecule has 14 nitrogen and oxygen atoms in total. The molecule has 7 aliphatic rings. The smallest absolute Gasteiger partial charge is 0.201 e. The first-order valence-corrected chi connectivity index (χ1v) is 27.1. The first-order valence-electron chi connectivity index (χ1n) is 24.6. The molecule has 1 spiro atoms. The van der Waals surface area contributed by atoms with Gasteiger partial charge in [-0.25, -0.2) is 4.99 Å². The van der Waals surface area contributed by atoms with E-state index in [9.17, 15) is 30.3 Å². The molecule has 2 aromatic rings. The summed E-state index contributed by atoms with van der Waals surface area (Å²) in [5.74, 6) is 16.4. The van der Waals surface area contributed by atoms with Gasteiger partial charge < -0.3 is 55.5 Å². The molecule has 4 heterocycles. The van der Waals surface area contributed by atoms with Crippen LogP contribution in [0.2, 0.25) is 0 Å². The van der Waals surface area contributed by atoms with E-state index in [1.807, 2.05) is 0 Å². The third-order valence-corrected chi connectivity index (χ3v) is 18.0. The number of carbonyl (C=O) groups excluding carboxylic acids is 1. The van der Waals surface area contributed by atoms with E-state index in [0.717, 1.165) is 61.8 Å². The number of carbonyl (C=O) groups is 1. The number of hydrogen-bond donors (Lipinski definition) is 8. The number of phenolic OH excluding ortho intramolecular Hbond substituents is 1. The lowest BCUT2D eigenvalue weighted by molar-refractivity contribution is -0.121. The number of aliphatic hydroxyl groups is 4. The van der Waals surface area contributed by atoms with Crippen LogP contribution in [-0.4, -0.2) is 112 Å². The number of ketones is 1. The van der Waals surface area contributed by atoms with Crippen LogP contribution in [0.1, 0.15) is 106 Å². The Hall–Kier alpha value is -3.84. The quantitative estimate of drug-likeness (QED) is 0.109. The molecule has 370 valence electrons. The molecule has 9 rings (SSSR count). The zero-order valence-corrected chi connectivity index (χ0v) is 41.3. The number of aryl methyl sites for hydroxylation is 2. The van der Waals surface area contributed by atoms with E-state index in [1.165, 1.54) is 6.07 Å². The largest absolute Gasteiger partial charge is 0.504 e. The van der Waals surface area contributed by atoms with E-state index in [-0.39, 0.29) is 91.6 Å². The minimum absolute atomic E-state index is 0.00901. The Kier molecular flexibility index (Phi) is 17.0. The molecule has 9 N–H and O–H groups in total. The van der Waals surface area contributed by atoms with Crippen LogP contribution in [-0.2, 0) is 35.2 Å². The van der Waals surface area contributed by atoms with Crippen molar-refractivity contribution in [3.05, 3.63) is 46.0 Å². The molecule has 0 amide bonds. The highest BCUT2D eigenvalue weighted by Gasteiger charge is 2.50. The summed E-state index contributed by atoms with van der Waals surface area (Å²) in [4.78, 5) is 18.3. The van der Waals surface area contributed by atoms with Crippen LogP contribution in [0.15, 0.2) is 23.2 Å². The number of guanidine groups is 1. The van der Waals surface area contributed by atoms with Gasteiger partial charge in [-0.05, 0) is 92.7 Å². The molecule has 2 fully saturated rings. The highest BCUT2D eigenvalue weighted by Crippen LogP contribution is 2.50. The maximum absolute atomic E-state index is 13.3. The maximum Gasteiger partial charge on any atom is 0.201 e. The summed E-state index contributed by atoms with van der Waals surface area (Å²) in [6.07, 6.45) is 5.84. The molecule has 2 aromatic carbocycles.